The first kappa shape index (κ1) is 11.7. The van der Waals surface area contributed by atoms with Gasteiger partial charge in [-0.3, -0.25) is 4.79 Å². The highest BCUT2D eigenvalue weighted by Gasteiger charge is 2.30. The number of ketones is 1. The number of hydrogen-bond donors (Lipinski definition) is 0. The van der Waals surface area contributed by atoms with Crippen molar-refractivity contribution in [1.29, 1.82) is 0 Å². The summed E-state index contributed by atoms with van der Waals surface area (Å²) in [6, 6.07) is 0. The molecule has 0 N–H and O–H groups in total. The van der Waals surface area contributed by atoms with Gasteiger partial charge in [0.25, 0.3) is 0 Å². The summed E-state index contributed by atoms with van der Waals surface area (Å²) in [5.74, 6) is 0.283. The van der Waals surface area contributed by atoms with Gasteiger partial charge in [0.05, 0.1) is 6.61 Å². The molecule has 0 aromatic heterocycles. The molecular weight excluding hydrogens is 188 g/mol. The molecule has 0 saturated carbocycles. The quantitative estimate of drug-likeness (QED) is 0.657. The summed E-state index contributed by atoms with van der Waals surface area (Å²) in [5.41, 5.74) is 2.19. The molecule has 0 atom stereocenters. The van der Waals surface area contributed by atoms with Gasteiger partial charge in [0.2, 0.25) is 0 Å². The van der Waals surface area contributed by atoms with Crippen LogP contribution in [0.5, 0.6) is 0 Å². The summed E-state index contributed by atoms with van der Waals surface area (Å²) < 4.78 is 5.74. The zero-order valence-electron chi connectivity index (χ0n) is 9.19. The first-order valence-corrected chi connectivity index (χ1v) is 5.01. The molecule has 0 aromatic carbocycles. The van der Waals surface area contributed by atoms with E-state index in [1.54, 1.807) is 18.2 Å². The van der Waals surface area contributed by atoms with Crippen molar-refractivity contribution in [1.82, 2.24) is 0 Å². The Hall–Kier alpha value is -1.37. The van der Waals surface area contributed by atoms with Crippen molar-refractivity contribution in [3.63, 3.8) is 0 Å². The maximum absolute atomic E-state index is 11.0. The molecule has 1 aliphatic rings. The van der Waals surface area contributed by atoms with Crippen molar-refractivity contribution in [3.05, 3.63) is 42.7 Å². The van der Waals surface area contributed by atoms with Gasteiger partial charge in [-0.1, -0.05) is 20.4 Å². The molecule has 15 heavy (non-hydrogen) atoms. The summed E-state index contributed by atoms with van der Waals surface area (Å²) in [4.78, 5) is 11.0. The minimum absolute atomic E-state index is 0.00846. The van der Waals surface area contributed by atoms with Crippen LogP contribution in [0, 0.1) is 5.92 Å². The van der Waals surface area contributed by atoms with Gasteiger partial charge in [-0.2, -0.15) is 0 Å². The summed E-state index contributed by atoms with van der Waals surface area (Å²) in [6.45, 7) is 8.04. The lowest BCUT2D eigenvalue weighted by atomic mass is 9.86. The average molecular weight is 204 g/mol. The predicted octanol–water partition coefficient (Wildman–Crippen LogP) is 2.43. The molecule has 0 unspecified atom stereocenters. The minimum Gasteiger partial charge on any atom is -0.362 e. The summed E-state index contributed by atoms with van der Waals surface area (Å²) in [6.07, 6.45) is 8.46. The highest BCUT2D eigenvalue weighted by atomic mass is 16.5. The van der Waals surface area contributed by atoms with Crippen LogP contribution in [-0.2, 0) is 9.53 Å². The van der Waals surface area contributed by atoms with Crippen LogP contribution >= 0.6 is 0 Å². The molecule has 0 saturated heterocycles. The largest absolute Gasteiger partial charge is 0.362 e. The second-order valence-corrected chi connectivity index (χ2v) is 3.80. The van der Waals surface area contributed by atoms with E-state index in [1.165, 1.54) is 0 Å². The van der Waals surface area contributed by atoms with Gasteiger partial charge in [0.1, 0.15) is 5.60 Å². The Labute approximate surface area is 90.6 Å². The fourth-order valence-corrected chi connectivity index (χ4v) is 1.43. The van der Waals surface area contributed by atoms with Crippen molar-refractivity contribution >= 4 is 5.78 Å². The molecule has 0 radical (unpaired) electrons. The third-order valence-electron chi connectivity index (χ3n) is 2.48. The van der Waals surface area contributed by atoms with E-state index in [0.29, 0.717) is 6.61 Å². The molecule has 0 bridgehead atoms. The third-order valence-corrected chi connectivity index (χ3v) is 2.48. The summed E-state index contributed by atoms with van der Waals surface area (Å²) in [7, 11) is 0. The highest BCUT2D eigenvalue weighted by molar-refractivity contribution is 6.00. The Bertz CT molecular complexity index is 326. The second kappa shape index (κ2) is 4.92. The Morgan fingerprint density at radius 3 is 2.60 bits per heavy atom. The van der Waals surface area contributed by atoms with Gasteiger partial charge in [-0.15, -0.1) is 5.73 Å². The van der Waals surface area contributed by atoms with Crippen molar-refractivity contribution in [2.45, 2.75) is 19.4 Å². The number of hydrogen-bond acceptors (Lipinski definition) is 2. The zero-order chi connectivity index (χ0) is 11.3. The number of carbonyl (C=O) groups is 1. The lowest BCUT2D eigenvalue weighted by Crippen LogP contribution is -2.36. The van der Waals surface area contributed by atoms with Crippen molar-refractivity contribution < 1.29 is 9.53 Å². The van der Waals surface area contributed by atoms with Gasteiger partial charge in [-0.25, -0.2) is 0 Å². The van der Waals surface area contributed by atoms with E-state index in [0.717, 1.165) is 0 Å². The van der Waals surface area contributed by atoms with E-state index in [-0.39, 0.29) is 11.7 Å². The molecule has 0 aromatic rings. The molecule has 0 spiro atoms. The molecule has 0 heterocycles. The minimum atomic E-state index is -0.471. The standard InChI is InChI=1S/C13H16O2/c1-4-5-10-15-13(11(2)3)8-6-12(14)7-9-13/h5-9,11H,1,10H2,2-3H3. The maximum Gasteiger partial charge on any atom is 0.178 e. The van der Waals surface area contributed by atoms with Crippen LogP contribution < -0.4 is 0 Å². The number of carbonyl (C=O) groups excluding carboxylic acids is 1. The van der Waals surface area contributed by atoms with Gasteiger partial charge in [-0.05, 0) is 36.3 Å². The van der Waals surface area contributed by atoms with Crippen molar-refractivity contribution in [2.75, 3.05) is 6.61 Å². The Kier molecular flexibility index (Phi) is 3.84. The average Bonchev–Trinajstić information content (AvgIpc) is 2.21. The molecule has 0 aliphatic heterocycles. The van der Waals surface area contributed by atoms with Crippen molar-refractivity contribution in [2.24, 2.45) is 5.92 Å². The number of ether oxygens (including phenoxy) is 1. The fourth-order valence-electron chi connectivity index (χ4n) is 1.43. The van der Waals surface area contributed by atoms with Crippen LogP contribution in [0.4, 0.5) is 0 Å². The van der Waals surface area contributed by atoms with E-state index in [9.17, 15) is 4.79 Å². The molecule has 1 aliphatic carbocycles. The monoisotopic (exact) mass is 204 g/mol. The van der Waals surface area contributed by atoms with Crippen LogP contribution in [0.15, 0.2) is 42.7 Å². The van der Waals surface area contributed by atoms with E-state index < -0.39 is 5.60 Å². The Balaban J connectivity index is 2.81. The number of rotatable bonds is 4. The van der Waals surface area contributed by atoms with Crippen LogP contribution in [0.25, 0.3) is 0 Å². The van der Waals surface area contributed by atoms with Crippen LogP contribution in [0.1, 0.15) is 13.8 Å². The highest BCUT2D eigenvalue weighted by Crippen LogP contribution is 2.27. The third kappa shape index (κ3) is 2.79. The van der Waals surface area contributed by atoms with E-state index in [1.807, 2.05) is 12.2 Å². The van der Waals surface area contributed by atoms with Gasteiger partial charge < -0.3 is 4.74 Å². The van der Waals surface area contributed by atoms with E-state index >= 15 is 0 Å². The normalized spacial score (nSPS) is 17.9. The number of allylic oxidation sites excluding steroid dienone is 2. The van der Waals surface area contributed by atoms with Crippen LogP contribution in [0.3, 0.4) is 0 Å². The predicted molar refractivity (Wildman–Crippen MR) is 60.5 cm³/mol. The molecule has 80 valence electrons. The van der Waals surface area contributed by atoms with Gasteiger partial charge in [0, 0.05) is 0 Å². The molecule has 0 amide bonds. The lowest BCUT2D eigenvalue weighted by Gasteiger charge is -2.32. The van der Waals surface area contributed by atoms with Crippen LogP contribution in [-0.4, -0.2) is 18.0 Å². The summed E-state index contributed by atoms with van der Waals surface area (Å²) >= 11 is 0. The van der Waals surface area contributed by atoms with Crippen molar-refractivity contribution in [3.8, 4) is 0 Å². The molecule has 2 nitrogen and oxygen atoms in total. The SMILES string of the molecule is C=C=CCOC1(C(C)C)C=CC(=O)C=C1. The topological polar surface area (TPSA) is 26.3 Å². The first-order valence-electron chi connectivity index (χ1n) is 5.01. The second-order valence-electron chi connectivity index (χ2n) is 3.80. The molecular formula is C13H16O2. The van der Waals surface area contributed by atoms with E-state index in [2.05, 4.69) is 26.2 Å². The first-order chi connectivity index (χ1) is 7.10. The molecule has 0 fully saturated rings. The molecule has 1 rings (SSSR count). The Morgan fingerprint density at radius 2 is 2.13 bits per heavy atom. The summed E-state index contributed by atoms with van der Waals surface area (Å²) in [5, 5.41) is 0. The zero-order valence-corrected chi connectivity index (χ0v) is 9.19. The Morgan fingerprint density at radius 1 is 1.53 bits per heavy atom. The van der Waals surface area contributed by atoms with Crippen LogP contribution in [0.2, 0.25) is 0 Å². The smallest absolute Gasteiger partial charge is 0.178 e. The van der Waals surface area contributed by atoms with Gasteiger partial charge >= 0.3 is 0 Å². The maximum atomic E-state index is 11.0. The molecule has 2 heteroatoms. The van der Waals surface area contributed by atoms with E-state index in [4.69, 9.17) is 4.74 Å². The fraction of sp³-hybridized carbons (Fsp3) is 0.385. The lowest BCUT2D eigenvalue weighted by molar-refractivity contribution is -0.111. The van der Waals surface area contributed by atoms with Gasteiger partial charge in [0.15, 0.2) is 5.78 Å².